The third-order valence-corrected chi connectivity index (χ3v) is 3.37. The van der Waals surface area contributed by atoms with Crippen LogP contribution in [0.25, 0.3) is 0 Å². The highest BCUT2D eigenvalue weighted by molar-refractivity contribution is 6.01. The van der Waals surface area contributed by atoms with Gasteiger partial charge in [0.1, 0.15) is 0 Å². The first kappa shape index (κ1) is 10.6. The van der Waals surface area contributed by atoms with E-state index in [-0.39, 0.29) is 11.8 Å². The summed E-state index contributed by atoms with van der Waals surface area (Å²) >= 11 is 0. The molecule has 2 rings (SSSR count). The van der Waals surface area contributed by atoms with Crippen LogP contribution in [0.4, 0.5) is 0 Å². The van der Waals surface area contributed by atoms with Crippen LogP contribution in [0.2, 0.25) is 0 Å². The number of hydrogen-bond donors (Lipinski definition) is 0. The molecule has 2 heterocycles. The summed E-state index contributed by atoms with van der Waals surface area (Å²) in [7, 11) is 0. The number of imide groups is 1. The molecule has 2 saturated heterocycles. The van der Waals surface area contributed by atoms with Gasteiger partial charge in [0.15, 0.2) is 0 Å². The van der Waals surface area contributed by atoms with Crippen molar-refractivity contribution in [1.29, 1.82) is 0 Å². The Labute approximate surface area is 90.2 Å². The van der Waals surface area contributed by atoms with Gasteiger partial charge >= 0.3 is 0 Å². The number of nitrogens with zero attached hydrogens (tertiary/aromatic N) is 2. The number of amides is 2. The van der Waals surface area contributed by atoms with Crippen molar-refractivity contribution in [2.24, 2.45) is 5.92 Å². The number of likely N-dealkylation sites (tertiary alicyclic amines) is 2. The number of rotatable bonds is 2. The first-order valence-corrected chi connectivity index (χ1v) is 5.72. The average Bonchev–Trinajstić information content (AvgIpc) is 2.53. The normalized spacial score (nSPS) is 25.3. The van der Waals surface area contributed by atoms with Crippen molar-refractivity contribution >= 4 is 11.8 Å². The van der Waals surface area contributed by atoms with E-state index in [1.807, 2.05) is 0 Å². The number of carbonyl (C=O) groups excluding carboxylic acids is 2. The molecular weight excluding hydrogens is 192 g/mol. The van der Waals surface area contributed by atoms with Gasteiger partial charge in [0.25, 0.3) is 0 Å². The second-order valence-electron chi connectivity index (χ2n) is 4.66. The lowest BCUT2D eigenvalue weighted by atomic mass is 10.00. The average molecular weight is 210 g/mol. The Morgan fingerprint density at radius 1 is 1.13 bits per heavy atom. The van der Waals surface area contributed by atoms with Crippen LogP contribution in [-0.2, 0) is 9.59 Å². The molecule has 0 N–H and O–H groups in total. The first-order chi connectivity index (χ1) is 7.16. The maximum atomic E-state index is 11.4. The summed E-state index contributed by atoms with van der Waals surface area (Å²) in [5.74, 6) is 0.781. The Kier molecular flexibility index (Phi) is 3.05. The van der Waals surface area contributed by atoms with E-state index in [0.29, 0.717) is 19.5 Å². The van der Waals surface area contributed by atoms with Crippen LogP contribution in [0.15, 0.2) is 0 Å². The summed E-state index contributed by atoms with van der Waals surface area (Å²) in [6, 6.07) is 0. The molecule has 2 aliphatic heterocycles. The fraction of sp³-hybridized carbons (Fsp3) is 0.818. The van der Waals surface area contributed by atoms with E-state index >= 15 is 0 Å². The lowest BCUT2D eigenvalue weighted by Gasteiger charge is -2.32. The maximum Gasteiger partial charge on any atom is 0.230 e. The van der Waals surface area contributed by atoms with E-state index in [1.165, 1.54) is 17.7 Å². The molecule has 4 nitrogen and oxygen atoms in total. The summed E-state index contributed by atoms with van der Waals surface area (Å²) < 4.78 is 0. The van der Waals surface area contributed by atoms with Crippen LogP contribution in [0.1, 0.15) is 32.6 Å². The largest absolute Gasteiger partial charge is 0.286 e. The molecule has 0 aromatic heterocycles. The summed E-state index contributed by atoms with van der Waals surface area (Å²) in [6.07, 6.45) is 3.17. The molecule has 0 aromatic carbocycles. The van der Waals surface area contributed by atoms with E-state index in [2.05, 4.69) is 11.8 Å². The lowest BCUT2D eigenvalue weighted by molar-refractivity contribution is -0.141. The summed E-state index contributed by atoms with van der Waals surface area (Å²) in [4.78, 5) is 26.4. The van der Waals surface area contributed by atoms with Crippen LogP contribution in [0, 0.1) is 5.92 Å². The van der Waals surface area contributed by atoms with Crippen molar-refractivity contribution in [3.8, 4) is 0 Å². The molecule has 0 unspecified atom stereocenters. The van der Waals surface area contributed by atoms with Crippen molar-refractivity contribution in [2.75, 3.05) is 19.8 Å². The van der Waals surface area contributed by atoms with Gasteiger partial charge in [0.05, 0.1) is 6.67 Å². The minimum atomic E-state index is -0.00128. The lowest BCUT2D eigenvalue weighted by Crippen LogP contribution is -2.44. The zero-order chi connectivity index (χ0) is 10.8. The molecule has 2 fully saturated rings. The Hall–Kier alpha value is -0.900. The Morgan fingerprint density at radius 3 is 2.20 bits per heavy atom. The molecule has 0 atom stereocenters. The second-order valence-corrected chi connectivity index (χ2v) is 4.66. The number of carbonyl (C=O) groups is 2. The fourth-order valence-electron chi connectivity index (χ4n) is 2.18. The minimum Gasteiger partial charge on any atom is -0.286 e. The molecule has 0 aromatic rings. The highest BCUT2D eigenvalue weighted by Crippen LogP contribution is 2.18. The van der Waals surface area contributed by atoms with Gasteiger partial charge in [-0.15, -0.1) is 0 Å². The zero-order valence-electron chi connectivity index (χ0n) is 9.24. The van der Waals surface area contributed by atoms with E-state index in [0.717, 1.165) is 19.0 Å². The molecule has 84 valence electrons. The van der Waals surface area contributed by atoms with Crippen molar-refractivity contribution in [3.63, 3.8) is 0 Å². The SMILES string of the molecule is CC1CCN(CN2C(=O)CCC2=O)CC1. The predicted molar refractivity (Wildman–Crippen MR) is 55.9 cm³/mol. The third kappa shape index (κ3) is 2.37. The van der Waals surface area contributed by atoms with Crippen molar-refractivity contribution in [2.45, 2.75) is 32.6 Å². The summed E-state index contributed by atoms with van der Waals surface area (Å²) in [6.45, 7) is 4.80. The van der Waals surface area contributed by atoms with Gasteiger partial charge in [0.2, 0.25) is 11.8 Å². The third-order valence-electron chi connectivity index (χ3n) is 3.37. The van der Waals surface area contributed by atoms with Gasteiger partial charge in [-0.1, -0.05) is 6.92 Å². The van der Waals surface area contributed by atoms with E-state index in [4.69, 9.17) is 0 Å². The Balaban J connectivity index is 1.86. The van der Waals surface area contributed by atoms with Gasteiger partial charge in [-0.2, -0.15) is 0 Å². The zero-order valence-corrected chi connectivity index (χ0v) is 9.24. The monoisotopic (exact) mass is 210 g/mol. The van der Waals surface area contributed by atoms with Gasteiger partial charge in [-0.05, 0) is 18.8 Å². The molecule has 0 bridgehead atoms. The summed E-state index contributed by atoms with van der Waals surface area (Å²) in [5, 5.41) is 0. The standard InChI is InChI=1S/C11H18N2O2/c1-9-4-6-12(7-5-9)8-13-10(14)2-3-11(13)15/h9H,2-8H2,1H3. The van der Waals surface area contributed by atoms with Crippen LogP contribution in [-0.4, -0.2) is 41.4 Å². The highest BCUT2D eigenvalue weighted by Gasteiger charge is 2.30. The number of piperidine rings is 1. The molecular formula is C11H18N2O2. The van der Waals surface area contributed by atoms with Crippen LogP contribution >= 0.6 is 0 Å². The van der Waals surface area contributed by atoms with E-state index < -0.39 is 0 Å². The van der Waals surface area contributed by atoms with Gasteiger partial charge in [-0.3, -0.25) is 19.4 Å². The quantitative estimate of drug-likeness (QED) is 0.634. The van der Waals surface area contributed by atoms with Crippen molar-refractivity contribution < 1.29 is 9.59 Å². The van der Waals surface area contributed by atoms with Crippen molar-refractivity contribution in [1.82, 2.24) is 9.80 Å². The fourth-order valence-corrected chi connectivity index (χ4v) is 2.18. The van der Waals surface area contributed by atoms with Crippen LogP contribution in [0.5, 0.6) is 0 Å². The van der Waals surface area contributed by atoms with Crippen LogP contribution in [0.3, 0.4) is 0 Å². The molecule has 15 heavy (non-hydrogen) atoms. The van der Waals surface area contributed by atoms with Gasteiger partial charge in [0, 0.05) is 25.9 Å². The smallest absolute Gasteiger partial charge is 0.230 e. The molecule has 0 aliphatic carbocycles. The predicted octanol–water partition coefficient (Wildman–Crippen LogP) is 0.825. The molecule has 0 saturated carbocycles. The minimum absolute atomic E-state index is 0.00128. The molecule has 2 amide bonds. The van der Waals surface area contributed by atoms with E-state index in [1.54, 1.807) is 0 Å². The van der Waals surface area contributed by atoms with Crippen molar-refractivity contribution in [3.05, 3.63) is 0 Å². The first-order valence-electron chi connectivity index (χ1n) is 5.72. The topological polar surface area (TPSA) is 40.6 Å². The molecule has 4 heteroatoms. The van der Waals surface area contributed by atoms with E-state index in [9.17, 15) is 9.59 Å². The van der Waals surface area contributed by atoms with Gasteiger partial charge in [-0.25, -0.2) is 0 Å². The second kappa shape index (κ2) is 4.31. The highest BCUT2D eigenvalue weighted by atomic mass is 16.2. The maximum absolute atomic E-state index is 11.4. The molecule has 0 radical (unpaired) electrons. The Bertz CT molecular complexity index is 254. The molecule has 2 aliphatic rings. The Morgan fingerprint density at radius 2 is 1.67 bits per heavy atom. The number of hydrogen-bond acceptors (Lipinski definition) is 3. The van der Waals surface area contributed by atoms with Gasteiger partial charge < -0.3 is 0 Å². The molecule has 0 spiro atoms. The van der Waals surface area contributed by atoms with Crippen LogP contribution < -0.4 is 0 Å². The summed E-state index contributed by atoms with van der Waals surface area (Å²) in [5.41, 5.74) is 0.